The molecule has 0 aliphatic heterocycles. The SMILES string of the molecule is COc1cc(OC)cc(C(=O)NCc2nnc(SCC(=O)Nc3ccccc3F)n2-c2ccc(Cl)c(Cl)c2)c1. The van der Waals surface area contributed by atoms with Gasteiger partial charge in [0.1, 0.15) is 17.3 Å². The first-order chi connectivity index (χ1) is 18.8. The molecule has 0 aliphatic rings. The van der Waals surface area contributed by atoms with E-state index in [1.54, 1.807) is 47.0 Å². The lowest BCUT2D eigenvalue weighted by atomic mass is 10.2. The summed E-state index contributed by atoms with van der Waals surface area (Å²) < 4.78 is 26.0. The Hall–Kier alpha value is -3.80. The van der Waals surface area contributed by atoms with E-state index < -0.39 is 17.6 Å². The largest absolute Gasteiger partial charge is 0.497 e. The van der Waals surface area contributed by atoms with Crippen molar-refractivity contribution in [3.63, 3.8) is 0 Å². The summed E-state index contributed by atoms with van der Waals surface area (Å²) in [5, 5.41) is 14.8. The number of para-hydroxylation sites is 1. The van der Waals surface area contributed by atoms with Gasteiger partial charge < -0.3 is 20.1 Å². The van der Waals surface area contributed by atoms with Gasteiger partial charge in [-0.2, -0.15) is 0 Å². The Labute approximate surface area is 237 Å². The van der Waals surface area contributed by atoms with Crippen molar-refractivity contribution in [2.75, 3.05) is 25.3 Å². The molecule has 9 nitrogen and oxygen atoms in total. The third kappa shape index (κ3) is 6.99. The van der Waals surface area contributed by atoms with Gasteiger partial charge in [-0.05, 0) is 42.5 Å². The molecule has 1 aromatic heterocycles. The van der Waals surface area contributed by atoms with Gasteiger partial charge in [-0.1, -0.05) is 47.1 Å². The second kappa shape index (κ2) is 12.8. The molecule has 0 atom stereocenters. The molecule has 0 radical (unpaired) electrons. The van der Waals surface area contributed by atoms with Crippen LogP contribution in [0.2, 0.25) is 10.0 Å². The number of thioether (sulfide) groups is 1. The predicted molar refractivity (Wildman–Crippen MR) is 148 cm³/mol. The summed E-state index contributed by atoms with van der Waals surface area (Å²) in [6.07, 6.45) is 0. The molecule has 3 aromatic carbocycles. The normalized spacial score (nSPS) is 10.7. The summed E-state index contributed by atoms with van der Waals surface area (Å²) in [7, 11) is 2.98. The molecule has 39 heavy (non-hydrogen) atoms. The zero-order valence-electron chi connectivity index (χ0n) is 20.7. The van der Waals surface area contributed by atoms with Crippen molar-refractivity contribution >= 4 is 52.5 Å². The van der Waals surface area contributed by atoms with Crippen LogP contribution in [0.15, 0.2) is 65.8 Å². The van der Waals surface area contributed by atoms with E-state index >= 15 is 0 Å². The van der Waals surface area contributed by atoms with Crippen LogP contribution in [-0.2, 0) is 11.3 Å². The Morgan fingerprint density at radius 2 is 1.69 bits per heavy atom. The van der Waals surface area contributed by atoms with E-state index in [0.29, 0.717) is 43.8 Å². The molecule has 0 unspecified atom stereocenters. The van der Waals surface area contributed by atoms with Gasteiger partial charge in [0.15, 0.2) is 11.0 Å². The number of carbonyl (C=O) groups excluding carboxylic acids is 2. The number of hydrogen-bond acceptors (Lipinski definition) is 7. The predicted octanol–water partition coefficient (Wildman–Crippen LogP) is 5.39. The number of hydrogen-bond donors (Lipinski definition) is 2. The van der Waals surface area contributed by atoms with Gasteiger partial charge in [-0.25, -0.2) is 4.39 Å². The van der Waals surface area contributed by atoms with E-state index in [-0.39, 0.29) is 18.0 Å². The van der Waals surface area contributed by atoms with Crippen LogP contribution in [0, 0.1) is 5.82 Å². The summed E-state index contributed by atoms with van der Waals surface area (Å²) in [4.78, 5) is 25.4. The molecule has 2 N–H and O–H groups in total. The minimum absolute atomic E-state index is 0.00636. The molecular weight excluding hydrogens is 568 g/mol. The Morgan fingerprint density at radius 3 is 2.36 bits per heavy atom. The van der Waals surface area contributed by atoms with E-state index in [2.05, 4.69) is 20.8 Å². The number of halogens is 3. The molecule has 0 spiro atoms. The monoisotopic (exact) mass is 589 g/mol. The average molecular weight is 590 g/mol. The molecule has 0 aliphatic carbocycles. The standard InChI is InChI=1S/C26H22Cl2FN5O4S/c1-37-17-9-15(10-18(12-17)38-2)25(36)30-13-23-32-33-26(34(23)16-7-8-19(27)20(28)11-16)39-14-24(35)31-22-6-4-3-5-21(22)29/h3-12H,13-14H2,1-2H3,(H,30,36)(H,31,35). The highest BCUT2D eigenvalue weighted by atomic mass is 35.5. The number of benzene rings is 3. The zero-order chi connectivity index (χ0) is 27.9. The van der Waals surface area contributed by atoms with Gasteiger partial charge in [0.2, 0.25) is 5.91 Å². The van der Waals surface area contributed by atoms with Crippen LogP contribution in [0.3, 0.4) is 0 Å². The first kappa shape index (κ1) is 28.2. The van der Waals surface area contributed by atoms with Crippen LogP contribution >= 0.6 is 35.0 Å². The van der Waals surface area contributed by atoms with Crippen LogP contribution < -0.4 is 20.1 Å². The molecule has 202 valence electrons. The molecule has 0 fully saturated rings. The van der Waals surface area contributed by atoms with E-state index in [1.165, 1.54) is 32.4 Å². The first-order valence-corrected chi connectivity index (χ1v) is 13.1. The fourth-order valence-corrected chi connectivity index (χ4v) is 4.53. The second-order valence-electron chi connectivity index (χ2n) is 7.93. The zero-order valence-corrected chi connectivity index (χ0v) is 23.0. The van der Waals surface area contributed by atoms with Crippen molar-refractivity contribution in [3.05, 3.63) is 87.9 Å². The smallest absolute Gasteiger partial charge is 0.251 e. The van der Waals surface area contributed by atoms with Crippen molar-refractivity contribution < 1.29 is 23.5 Å². The highest BCUT2D eigenvalue weighted by Crippen LogP contribution is 2.29. The highest BCUT2D eigenvalue weighted by molar-refractivity contribution is 7.99. The average Bonchev–Trinajstić information content (AvgIpc) is 3.35. The molecule has 1 heterocycles. The Kier molecular flexibility index (Phi) is 9.28. The topological polar surface area (TPSA) is 107 Å². The van der Waals surface area contributed by atoms with Crippen molar-refractivity contribution in [1.82, 2.24) is 20.1 Å². The quantitative estimate of drug-likeness (QED) is 0.239. The third-order valence-electron chi connectivity index (χ3n) is 5.36. The molecule has 2 amide bonds. The van der Waals surface area contributed by atoms with Crippen LogP contribution in [0.1, 0.15) is 16.2 Å². The van der Waals surface area contributed by atoms with Gasteiger partial charge in [-0.3, -0.25) is 14.2 Å². The molecule has 4 aromatic rings. The summed E-state index contributed by atoms with van der Waals surface area (Å²) in [5.74, 6) is -0.152. The minimum atomic E-state index is -0.540. The van der Waals surface area contributed by atoms with Gasteiger partial charge in [0.05, 0.1) is 47.9 Å². The van der Waals surface area contributed by atoms with Crippen molar-refractivity contribution in [3.8, 4) is 17.2 Å². The minimum Gasteiger partial charge on any atom is -0.497 e. The Bertz CT molecular complexity index is 1500. The maximum absolute atomic E-state index is 13.9. The maximum atomic E-state index is 13.9. The van der Waals surface area contributed by atoms with Crippen molar-refractivity contribution in [1.29, 1.82) is 0 Å². The Balaban J connectivity index is 1.55. The second-order valence-corrected chi connectivity index (χ2v) is 9.69. The fourth-order valence-electron chi connectivity index (χ4n) is 3.47. The number of nitrogens with one attached hydrogen (secondary N) is 2. The molecular formula is C26H22Cl2FN5O4S. The number of methoxy groups -OCH3 is 2. The summed E-state index contributed by atoms with van der Waals surface area (Å²) in [6, 6.07) is 15.6. The van der Waals surface area contributed by atoms with E-state index in [1.807, 2.05) is 0 Å². The van der Waals surface area contributed by atoms with Crippen LogP contribution in [0.5, 0.6) is 11.5 Å². The lowest BCUT2D eigenvalue weighted by Crippen LogP contribution is -2.24. The molecule has 0 bridgehead atoms. The molecule has 13 heteroatoms. The van der Waals surface area contributed by atoms with Crippen LogP contribution in [-0.4, -0.2) is 46.6 Å². The van der Waals surface area contributed by atoms with Crippen molar-refractivity contribution in [2.45, 2.75) is 11.7 Å². The summed E-state index contributed by atoms with van der Waals surface area (Å²) in [5.41, 5.74) is 0.969. The Morgan fingerprint density at radius 1 is 0.974 bits per heavy atom. The molecule has 4 rings (SSSR count). The van der Waals surface area contributed by atoms with Crippen LogP contribution in [0.25, 0.3) is 5.69 Å². The van der Waals surface area contributed by atoms with E-state index in [9.17, 15) is 14.0 Å². The lowest BCUT2D eigenvalue weighted by Gasteiger charge is -2.13. The van der Waals surface area contributed by atoms with Gasteiger partial charge in [0, 0.05) is 11.6 Å². The molecule has 0 saturated heterocycles. The molecule has 0 saturated carbocycles. The number of aromatic nitrogens is 3. The maximum Gasteiger partial charge on any atom is 0.251 e. The number of nitrogens with zero attached hydrogens (tertiary/aromatic N) is 3. The number of anilines is 1. The van der Waals surface area contributed by atoms with Crippen molar-refractivity contribution in [2.24, 2.45) is 0 Å². The first-order valence-electron chi connectivity index (χ1n) is 11.4. The fraction of sp³-hybridized carbons (Fsp3) is 0.154. The number of ether oxygens (including phenoxy) is 2. The van der Waals surface area contributed by atoms with Gasteiger partial charge in [-0.15, -0.1) is 10.2 Å². The highest BCUT2D eigenvalue weighted by Gasteiger charge is 2.19. The number of rotatable bonds is 10. The van der Waals surface area contributed by atoms with Crippen LogP contribution in [0.4, 0.5) is 10.1 Å². The van der Waals surface area contributed by atoms with Gasteiger partial charge in [0.25, 0.3) is 5.91 Å². The summed E-state index contributed by atoms with van der Waals surface area (Å²) >= 11 is 13.4. The number of carbonyl (C=O) groups is 2. The van der Waals surface area contributed by atoms with Gasteiger partial charge >= 0.3 is 0 Å². The lowest BCUT2D eigenvalue weighted by molar-refractivity contribution is -0.113. The number of amides is 2. The van der Waals surface area contributed by atoms with E-state index in [4.69, 9.17) is 32.7 Å². The summed E-state index contributed by atoms with van der Waals surface area (Å²) in [6.45, 7) is -0.00636. The third-order valence-corrected chi connectivity index (χ3v) is 7.03. The van der Waals surface area contributed by atoms with E-state index in [0.717, 1.165) is 11.8 Å².